The van der Waals surface area contributed by atoms with Crippen LogP contribution in [0.5, 0.6) is 5.75 Å². The maximum Gasteiger partial charge on any atom is 0.418 e. The molecule has 0 radical (unpaired) electrons. The largest absolute Gasteiger partial charge is 0.497 e. The van der Waals surface area contributed by atoms with E-state index < -0.39 is 35.1 Å². The van der Waals surface area contributed by atoms with Crippen LogP contribution in [0, 0.1) is 5.82 Å². The molecule has 4 rings (SSSR count). The van der Waals surface area contributed by atoms with Crippen LogP contribution in [0.2, 0.25) is 0 Å². The fourth-order valence-corrected chi connectivity index (χ4v) is 3.32. The first-order chi connectivity index (χ1) is 17.2. The Labute approximate surface area is 202 Å². The van der Waals surface area contributed by atoms with Gasteiger partial charge in [0.05, 0.1) is 29.6 Å². The molecule has 36 heavy (non-hydrogen) atoms. The number of hydrogen-bond donors (Lipinski definition) is 2. The lowest BCUT2D eigenvalue weighted by Crippen LogP contribution is -2.19. The Morgan fingerprint density at radius 2 is 1.64 bits per heavy atom. The van der Waals surface area contributed by atoms with Gasteiger partial charge in [-0.3, -0.25) is 9.59 Å². The summed E-state index contributed by atoms with van der Waals surface area (Å²) in [5, 5.41) is 8.56. The number of carbonyl (C=O) groups is 2. The van der Waals surface area contributed by atoms with Crippen LogP contribution in [0.25, 0.3) is 5.69 Å². The normalized spacial score (nSPS) is 11.1. The van der Waals surface area contributed by atoms with E-state index in [9.17, 15) is 27.2 Å². The molecule has 11 heteroatoms. The number of benzene rings is 3. The molecule has 2 amide bonds. The molecule has 1 aromatic heterocycles. The third-order valence-electron chi connectivity index (χ3n) is 5.11. The molecule has 0 unspecified atom stereocenters. The van der Waals surface area contributed by atoms with Gasteiger partial charge in [0, 0.05) is 11.9 Å². The van der Waals surface area contributed by atoms with Crippen LogP contribution in [0.15, 0.2) is 79.0 Å². The first-order valence-electron chi connectivity index (χ1n) is 10.4. The zero-order chi connectivity index (χ0) is 25.9. The Morgan fingerprint density at radius 3 is 2.31 bits per heavy atom. The molecule has 0 atom stereocenters. The lowest BCUT2D eigenvalue weighted by molar-refractivity contribution is -0.136. The molecule has 0 spiro atoms. The molecule has 2 N–H and O–H groups in total. The monoisotopic (exact) mass is 498 g/mol. The van der Waals surface area contributed by atoms with Crippen LogP contribution >= 0.6 is 0 Å². The van der Waals surface area contributed by atoms with Crippen LogP contribution < -0.4 is 15.4 Å². The second-order valence-electron chi connectivity index (χ2n) is 7.49. The number of amides is 2. The molecular formula is C25H18F4N4O3. The highest BCUT2D eigenvalue weighted by molar-refractivity contribution is 6.05. The van der Waals surface area contributed by atoms with Crippen LogP contribution in [0.1, 0.15) is 26.4 Å². The number of methoxy groups -OCH3 is 1. The first kappa shape index (κ1) is 24.5. The number of carbonyl (C=O) groups excluding carboxylic acids is 2. The fraction of sp³-hybridized carbons (Fsp3) is 0.0800. The Morgan fingerprint density at radius 1 is 0.917 bits per heavy atom. The number of aromatic nitrogens is 2. The predicted octanol–water partition coefficient (Wildman–Crippen LogP) is 5.54. The van der Waals surface area contributed by atoms with Crippen molar-refractivity contribution in [2.45, 2.75) is 6.18 Å². The minimum atomic E-state index is -4.86. The zero-order valence-electron chi connectivity index (χ0n) is 18.6. The highest BCUT2D eigenvalue weighted by Gasteiger charge is 2.34. The number of halogens is 4. The van der Waals surface area contributed by atoms with E-state index in [0.29, 0.717) is 17.5 Å². The lowest BCUT2D eigenvalue weighted by Gasteiger charge is -2.15. The Hall–Kier alpha value is -4.67. The lowest BCUT2D eigenvalue weighted by atomic mass is 10.1. The van der Waals surface area contributed by atoms with Crippen LogP contribution in [0.4, 0.5) is 28.9 Å². The summed E-state index contributed by atoms with van der Waals surface area (Å²) in [6, 6.07) is 16.0. The third-order valence-corrected chi connectivity index (χ3v) is 5.11. The summed E-state index contributed by atoms with van der Waals surface area (Å²) in [6.45, 7) is 0. The molecule has 0 aliphatic heterocycles. The summed E-state index contributed by atoms with van der Waals surface area (Å²) in [4.78, 5) is 24.9. The van der Waals surface area contributed by atoms with E-state index in [-0.39, 0.29) is 16.9 Å². The Balaban J connectivity index is 1.54. The van der Waals surface area contributed by atoms with Gasteiger partial charge in [-0.2, -0.15) is 18.3 Å². The molecule has 0 saturated carbocycles. The van der Waals surface area contributed by atoms with Crippen LogP contribution in [-0.2, 0) is 6.18 Å². The van der Waals surface area contributed by atoms with E-state index in [1.165, 1.54) is 48.3 Å². The molecule has 0 bridgehead atoms. The van der Waals surface area contributed by atoms with Gasteiger partial charge in [-0.15, -0.1) is 0 Å². The number of hydrogen-bond acceptors (Lipinski definition) is 4. The van der Waals surface area contributed by atoms with Gasteiger partial charge in [0.1, 0.15) is 11.6 Å². The highest BCUT2D eigenvalue weighted by Crippen LogP contribution is 2.37. The van der Waals surface area contributed by atoms with E-state index in [4.69, 9.17) is 4.74 Å². The molecule has 184 valence electrons. The summed E-state index contributed by atoms with van der Waals surface area (Å²) in [7, 11) is 1.52. The summed E-state index contributed by atoms with van der Waals surface area (Å²) in [5.74, 6) is -1.97. The van der Waals surface area contributed by atoms with Crippen molar-refractivity contribution in [3.63, 3.8) is 0 Å². The summed E-state index contributed by atoms with van der Waals surface area (Å²) in [6.07, 6.45) is -3.37. The van der Waals surface area contributed by atoms with E-state index in [1.54, 1.807) is 24.3 Å². The SMILES string of the molecule is COc1ccc(-n2ccc(C(=O)Nc3ccc(NC(=O)c4ccccc4F)cc3C(F)(F)F)n2)cc1. The predicted molar refractivity (Wildman–Crippen MR) is 124 cm³/mol. The van der Waals surface area contributed by atoms with E-state index in [0.717, 1.165) is 12.1 Å². The van der Waals surface area contributed by atoms with Gasteiger partial charge in [-0.05, 0) is 60.7 Å². The van der Waals surface area contributed by atoms with Gasteiger partial charge in [0.15, 0.2) is 5.69 Å². The number of ether oxygens (including phenoxy) is 1. The molecule has 0 fully saturated rings. The van der Waals surface area contributed by atoms with E-state index >= 15 is 0 Å². The van der Waals surface area contributed by atoms with Crippen molar-refractivity contribution in [1.82, 2.24) is 9.78 Å². The number of alkyl halides is 3. The van der Waals surface area contributed by atoms with Gasteiger partial charge in [0.2, 0.25) is 0 Å². The van der Waals surface area contributed by atoms with Crippen molar-refractivity contribution >= 4 is 23.2 Å². The number of anilines is 2. The maximum atomic E-state index is 13.8. The van der Waals surface area contributed by atoms with Gasteiger partial charge < -0.3 is 15.4 Å². The molecule has 1 heterocycles. The Kier molecular flexibility index (Phi) is 6.73. The molecule has 0 saturated heterocycles. The van der Waals surface area contributed by atoms with Crippen molar-refractivity contribution < 1.29 is 31.9 Å². The summed E-state index contributed by atoms with van der Waals surface area (Å²) in [5.41, 5.74) is -1.78. The van der Waals surface area contributed by atoms with Gasteiger partial charge in [-0.25, -0.2) is 9.07 Å². The summed E-state index contributed by atoms with van der Waals surface area (Å²) < 4.78 is 61.5. The molecule has 3 aromatic carbocycles. The van der Waals surface area contributed by atoms with Gasteiger partial charge in [-0.1, -0.05) is 12.1 Å². The number of nitrogens with zero attached hydrogens (tertiary/aromatic N) is 2. The van der Waals surface area contributed by atoms with Crippen LogP contribution in [-0.4, -0.2) is 28.7 Å². The number of nitrogens with one attached hydrogen (secondary N) is 2. The third kappa shape index (κ3) is 5.35. The maximum absolute atomic E-state index is 13.8. The number of rotatable bonds is 6. The van der Waals surface area contributed by atoms with Crippen molar-refractivity contribution in [1.29, 1.82) is 0 Å². The Bertz CT molecular complexity index is 1420. The highest BCUT2D eigenvalue weighted by atomic mass is 19.4. The minimum absolute atomic E-state index is 0.115. The topological polar surface area (TPSA) is 85.2 Å². The molecule has 4 aromatic rings. The molecule has 7 nitrogen and oxygen atoms in total. The van der Waals surface area contributed by atoms with Crippen LogP contribution in [0.3, 0.4) is 0 Å². The van der Waals surface area contributed by atoms with Gasteiger partial charge in [0.25, 0.3) is 11.8 Å². The average molecular weight is 498 g/mol. The summed E-state index contributed by atoms with van der Waals surface area (Å²) >= 11 is 0. The first-order valence-corrected chi connectivity index (χ1v) is 10.4. The quantitative estimate of drug-likeness (QED) is 0.342. The van der Waals surface area contributed by atoms with Crippen molar-refractivity contribution in [2.75, 3.05) is 17.7 Å². The van der Waals surface area contributed by atoms with Crippen molar-refractivity contribution in [2.24, 2.45) is 0 Å². The standard InChI is InChI=1S/C25H18F4N4O3/c1-36-17-9-7-16(8-10-17)33-13-12-22(32-33)24(35)31-21-11-6-15(14-19(21)25(27,28)29)30-23(34)18-4-2-3-5-20(18)26/h2-14H,1H3,(H,30,34)(H,31,35). The molecule has 0 aliphatic rings. The second-order valence-corrected chi connectivity index (χ2v) is 7.49. The smallest absolute Gasteiger partial charge is 0.418 e. The van der Waals surface area contributed by atoms with Crippen molar-refractivity contribution in [3.8, 4) is 11.4 Å². The average Bonchev–Trinajstić information content (AvgIpc) is 3.35. The fourth-order valence-electron chi connectivity index (χ4n) is 3.32. The second kappa shape index (κ2) is 9.90. The molecule has 0 aliphatic carbocycles. The van der Waals surface area contributed by atoms with Gasteiger partial charge >= 0.3 is 6.18 Å². The molecular weight excluding hydrogens is 480 g/mol. The zero-order valence-corrected chi connectivity index (χ0v) is 18.6. The minimum Gasteiger partial charge on any atom is -0.497 e. The van der Waals surface area contributed by atoms with E-state index in [2.05, 4.69) is 15.7 Å². The van der Waals surface area contributed by atoms with E-state index in [1.807, 2.05) is 0 Å². The van der Waals surface area contributed by atoms with Crippen molar-refractivity contribution in [3.05, 3.63) is 102 Å².